The smallest absolute Gasteiger partial charge is 0.262 e. The van der Waals surface area contributed by atoms with Gasteiger partial charge in [0.05, 0.1) is 13.2 Å². The number of hydrogen-bond donors (Lipinski definition) is 1. The fourth-order valence-corrected chi connectivity index (χ4v) is 2.28. The van der Waals surface area contributed by atoms with Gasteiger partial charge in [-0.15, -0.1) is 0 Å². The van der Waals surface area contributed by atoms with Crippen LogP contribution in [0, 0.1) is 13.8 Å². The molecule has 0 unspecified atom stereocenters. The molecule has 0 saturated carbocycles. The van der Waals surface area contributed by atoms with Gasteiger partial charge >= 0.3 is 0 Å². The number of carbonyl (C=O) groups is 1. The van der Waals surface area contributed by atoms with Crippen molar-refractivity contribution in [1.29, 1.82) is 0 Å². The van der Waals surface area contributed by atoms with E-state index in [1.807, 2.05) is 45.9 Å². The molecule has 0 spiro atoms. The van der Waals surface area contributed by atoms with Gasteiger partial charge in [-0.2, -0.15) is 0 Å². The first-order valence-electron chi connectivity index (χ1n) is 8.43. The molecule has 0 aliphatic heterocycles. The van der Waals surface area contributed by atoms with E-state index >= 15 is 0 Å². The maximum atomic E-state index is 12.1. The predicted molar refractivity (Wildman–Crippen MR) is 98.8 cm³/mol. The van der Waals surface area contributed by atoms with Gasteiger partial charge in [-0.3, -0.25) is 4.79 Å². The maximum absolute atomic E-state index is 12.1. The van der Waals surface area contributed by atoms with Crippen molar-refractivity contribution in [2.45, 2.75) is 27.7 Å². The van der Waals surface area contributed by atoms with Crippen LogP contribution in [0.5, 0.6) is 17.2 Å². The van der Waals surface area contributed by atoms with E-state index < -0.39 is 0 Å². The number of carbonyl (C=O) groups excluding carboxylic acids is 1. The monoisotopic (exact) mass is 343 g/mol. The van der Waals surface area contributed by atoms with Crippen LogP contribution in [0.25, 0.3) is 0 Å². The molecule has 0 aromatic heterocycles. The van der Waals surface area contributed by atoms with Gasteiger partial charge in [0.25, 0.3) is 5.91 Å². The minimum Gasteiger partial charge on any atom is -0.490 e. The molecular weight excluding hydrogens is 318 g/mol. The van der Waals surface area contributed by atoms with Gasteiger partial charge in [0.2, 0.25) is 0 Å². The number of rotatable bonds is 8. The summed E-state index contributed by atoms with van der Waals surface area (Å²) >= 11 is 0. The highest BCUT2D eigenvalue weighted by atomic mass is 16.5. The molecule has 1 amide bonds. The van der Waals surface area contributed by atoms with Crippen LogP contribution >= 0.6 is 0 Å². The molecule has 0 saturated heterocycles. The molecule has 2 aromatic rings. The van der Waals surface area contributed by atoms with Crippen LogP contribution in [0.2, 0.25) is 0 Å². The number of aryl methyl sites for hydroxylation is 2. The van der Waals surface area contributed by atoms with Gasteiger partial charge in [0, 0.05) is 11.8 Å². The minimum absolute atomic E-state index is 0.0559. The van der Waals surface area contributed by atoms with Crippen molar-refractivity contribution < 1.29 is 19.0 Å². The van der Waals surface area contributed by atoms with Gasteiger partial charge in [0.15, 0.2) is 18.1 Å². The molecular formula is C20H25NO4. The summed E-state index contributed by atoms with van der Waals surface area (Å²) < 4.78 is 16.6. The minimum atomic E-state index is -0.232. The molecule has 0 radical (unpaired) electrons. The van der Waals surface area contributed by atoms with Crippen molar-refractivity contribution in [3.05, 3.63) is 47.5 Å². The lowest BCUT2D eigenvalue weighted by Crippen LogP contribution is -2.20. The number of nitrogens with one attached hydrogen (secondary N) is 1. The summed E-state index contributed by atoms with van der Waals surface area (Å²) in [7, 11) is 0. The van der Waals surface area contributed by atoms with Crippen LogP contribution in [-0.2, 0) is 4.79 Å². The van der Waals surface area contributed by atoms with Crippen molar-refractivity contribution in [1.82, 2.24) is 0 Å². The number of amides is 1. The Morgan fingerprint density at radius 3 is 2.28 bits per heavy atom. The van der Waals surface area contributed by atoms with E-state index in [-0.39, 0.29) is 12.5 Å². The SMILES string of the molecule is CCOc1ccc(NC(=O)COc2ccc(C)c(C)c2)cc1OCC. The normalized spacial score (nSPS) is 10.2. The Balaban J connectivity index is 1.97. The third kappa shape index (κ3) is 5.41. The fraction of sp³-hybridized carbons (Fsp3) is 0.350. The van der Waals surface area contributed by atoms with Crippen LogP contribution < -0.4 is 19.5 Å². The zero-order valence-corrected chi connectivity index (χ0v) is 15.2. The van der Waals surface area contributed by atoms with Gasteiger partial charge in [-0.05, 0) is 63.1 Å². The third-order valence-electron chi connectivity index (χ3n) is 3.68. The highest BCUT2D eigenvalue weighted by Crippen LogP contribution is 2.30. The summed E-state index contributed by atoms with van der Waals surface area (Å²) in [5, 5.41) is 2.81. The summed E-state index contributed by atoms with van der Waals surface area (Å²) in [4.78, 5) is 12.1. The van der Waals surface area contributed by atoms with E-state index in [1.165, 1.54) is 5.56 Å². The molecule has 1 N–H and O–H groups in total. The Bertz CT molecular complexity index is 728. The first-order chi connectivity index (χ1) is 12.0. The molecule has 25 heavy (non-hydrogen) atoms. The van der Waals surface area contributed by atoms with Gasteiger partial charge in [-0.1, -0.05) is 6.07 Å². The summed E-state index contributed by atoms with van der Waals surface area (Å²) in [6.07, 6.45) is 0. The van der Waals surface area contributed by atoms with E-state index in [4.69, 9.17) is 14.2 Å². The van der Waals surface area contributed by atoms with Crippen LogP contribution in [-0.4, -0.2) is 25.7 Å². The van der Waals surface area contributed by atoms with Crippen LogP contribution in [0.4, 0.5) is 5.69 Å². The maximum Gasteiger partial charge on any atom is 0.262 e. The van der Waals surface area contributed by atoms with Crippen molar-refractivity contribution in [3.8, 4) is 17.2 Å². The second kappa shape index (κ2) is 8.97. The fourth-order valence-electron chi connectivity index (χ4n) is 2.28. The van der Waals surface area contributed by atoms with E-state index in [9.17, 15) is 4.79 Å². The Morgan fingerprint density at radius 2 is 1.60 bits per heavy atom. The quantitative estimate of drug-likeness (QED) is 0.783. The average molecular weight is 343 g/mol. The summed E-state index contributed by atoms with van der Waals surface area (Å²) in [6.45, 7) is 8.88. The standard InChI is InChI=1S/C20H25NO4/c1-5-23-18-10-8-16(12-19(18)24-6-2)21-20(22)13-25-17-9-7-14(3)15(4)11-17/h7-12H,5-6,13H2,1-4H3,(H,21,22). The highest BCUT2D eigenvalue weighted by molar-refractivity contribution is 5.92. The lowest BCUT2D eigenvalue weighted by Gasteiger charge is -2.13. The van der Waals surface area contributed by atoms with Crippen molar-refractivity contribution in [2.24, 2.45) is 0 Å². The molecule has 0 bridgehead atoms. The first kappa shape index (κ1) is 18.6. The number of anilines is 1. The molecule has 0 aliphatic carbocycles. The molecule has 0 heterocycles. The number of hydrogen-bond acceptors (Lipinski definition) is 4. The van der Waals surface area contributed by atoms with Gasteiger partial charge in [0.1, 0.15) is 5.75 Å². The largest absolute Gasteiger partial charge is 0.490 e. The summed E-state index contributed by atoms with van der Waals surface area (Å²) in [6, 6.07) is 11.1. The van der Waals surface area contributed by atoms with E-state index in [1.54, 1.807) is 18.2 Å². The Kier molecular flexibility index (Phi) is 6.69. The van der Waals surface area contributed by atoms with Gasteiger partial charge in [-0.25, -0.2) is 0 Å². The first-order valence-corrected chi connectivity index (χ1v) is 8.43. The predicted octanol–water partition coefficient (Wildman–Crippen LogP) is 4.12. The Hall–Kier alpha value is -2.69. The molecule has 5 nitrogen and oxygen atoms in total. The molecule has 134 valence electrons. The average Bonchev–Trinajstić information content (AvgIpc) is 2.59. The molecule has 0 aliphatic rings. The van der Waals surface area contributed by atoms with Crippen molar-refractivity contribution in [2.75, 3.05) is 25.1 Å². The van der Waals surface area contributed by atoms with E-state index in [0.29, 0.717) is 36.1 Å². The second-order valence-corrected chi connectivity index (χ2v) is 5.61. The van der Waals surface area contributed by atoms with Gasteiger partial charge < -0.3 is 19.5 Å². The lowest BCUT2D eigenvalue weighted by molar-refractivity contribution is -0.118. The molecule has 2 aromatic carbocycles. The molecule has 0 fully saturated rings. The zero-order valence-electron chi connectivity index (χ0n) is 15.2. The van der Waals surface area contributed by atoms with Crippen LogP contribution in [0.1, 0.15) is 25.0 Å². The summed E-state index contributed by atoms with van der Waals surface area (Å²) in [5.74, 6) is 1.72. The third-order valence-corrected chi connectivity index (χ3v) is 3.68. The van der Waals surface area contributed by atoms with Crippen LogP contribution in [0.15, 0.2) is 36.4 Å². The highest BCUT2D eigenvalue weighted by Gasteiger charge is 2.09. The second-order valence-electron chi connectivity index (χ2n) is 5.61. The van der Waals surface area contributed by atoms with E-state index in [0.717, 1.165) is 5.56 Å². The van der Waals surface area contributed by atoms with Crippen LogP contribution in [0.3, 0.4) is 0 Å². The molecule has 0 atom stereocenters. The van der Waals surface area contributed by atoms with Crippen molar-refractivity contribution in [3.63, 3.8) is 0 Å². The Labute approximate surface area is 148 Å². The molecule has 5 heteroatoms. The number of ether oxygens (including phenoxy) is 3. The van der Waals surface area contributed by atoms with E-state index in [2.05, 4.69) is 5.32 Å². The molecule has 2 rings (SSSR count). The number of benzene rings is 2. The zero-order chi connectivity index (χ0) is 18.2. The lowest BCUT2D eigenvalue weighted by atomic mass is 10.1. The Morgan fingerprint density at radius 1 is 0.880 bits per heavy atom. The summed E-state index contributed by atoms with van der Waals surface area (Å²) in [5.41, 5.74) is 2.96. The topological polar surface area (TPSA) is 56.8 Å². The van der Waals surface area contributed by atoms with Crippen molar-refractivity contribution >= 4 is 11.6 Å².